The minimum Gasteiger partial charge on any atom is -0.478 e. The van der Waals surface area contributed by atoms with Crippen LogP contribution in [-0.2, 0) is 6.42 Å². The summed E-state index contributed by atoms with van der Waals surface area (Å²) in [4.78, 5) is 28.4. The number of rotatable bonds is 2. The molecule has 5 heteroatoms. The van der Waals surface area contributed by atoms with E-state index >= 15 is 0 Å². The van der Waals surface area contributed by atoms with Gasteiger partial charge >= 0.3 is 5.97 Å². The van der Waals surface area contributed by atoms with Crippen LogP contribution >= 0.6 is 22.6 Å². The van der Waals surface area contributed by atoms with Crippen molar-refractivity contribution in [2.24, 2.45) is 5.41 Å². The molecule has 1 aliphatic rings. The van der Waals surface area contributed by atoms with Crippen LogP contribution in [0.5, 0.6) is 0 Å². The number of aromatic nitrogens is 1. The molecular weight excluding hydrogens is 369 g/mol. The van der Waals surface area contributed by atoms with Crippen molar-refractivity contribution in [3.05, 3.63) is 26.1 Å². The number of hydrogen-bond acceptors (Lipinski definition) is 3. The Morgan fingerprint density at radius 2 is 1.95 bits per heavy atom. The minimum absolute atomic E-state index is 0.00551. The van der Waals surface area contributed by atoms with E-state index in [1.807, 2.05) is 50.3 Å². The van der Waals surface area contributed by atoms with Crippen LogP contribution in [0, 0.1) is 8.99 Å². The van der Waals surface area contributed by atoms with E-state index < -0.39 is 5.97 Å². The summed E-state index contributed by atoms with van der Waals surface area (Å²) in [5.41, 5.74) is 1.92. The van der Waals surface area contributed by atoms with Crippen molar-refractivity contribution >= 4 is 34.3 Å². The first-order valence-corrected chi connectivity index (χ1v) is 7.70. The van der Waals surface area contributed by atoms with E-state index in [9.17, 15) is 14.7 Å². The van der Waals surface area contributed by atoms with Gasteiger partial charge in [0.2, 0.25) is 0 Å². The number of nitrogens with zero attached hydrogens (tertiary/aromatic N) is 1. The highest BCUT2D eigenvalue weighted by Crippen LogP contribution is 2.38. The Morgan fingerprint density at radius 1 is 1.35 bits per heavy atom. The fourth-order valence-corrected chi connectivity index (χ4v) is 3.81. The SMILES string of the molecule is CC(C)c1nc2c(c(I)c1C(=O)O)C(=O)CC(C)(C)C2. The van der Waals surface area contributed by atoms with Crippen molar-refractivity contribution in [3.63, 3.8) is 0 Å². The first-order chi connectivity index (χ1) is 9.14. The molecule has 0 aromatic carbocycles. The molecule has 1 N–H and O–H groups in total. The Balaban J connectivity index is 2.76. The summed E-state index contributed by atoms with van der Waals surface area (Å²) in [6, 6.07) is 0. The van der Waals surface area contributed by atoms with Gasteiger partial charge in [0, 0.05) is 9.99 Å². The summed E-state index contributed by atoms with van der Waals surface area (Å²) in [7, 11) is 0. The third kappa shape index (κ3) is 2.60. The van der Waals surface area contributed by atoms with Gasteiger partial charge in [0.1, 0.15) is 0 Å². The number of fused-ring (bicyclic) bond motifs is 1. The number of carboxylic acids is 1. The Hall–Kier alpha value is -0.980. The van der Waals surface area contributed by atoms with Gasteiger partial charge in [-0.2, -0.15) is 0 Å². The van der Waals surface area contributed by atoms with E-state index in [-0.39, 0.29) is 22.7 Å². The van der Waals surface area contributed by atoms with Crippen molar-refractivity contribution in [3.8, 4) is 0 Å². The molecule has 1 aliphatic carbocycles. The van der Waals surface area contributed by atoms with Crippen LogP contribution in [0.2, 0.25) is 0 Å². The van der Waals surface area contributed by atoms with Crippen LogP contribution in [0.25, 0.3) is 0 Å². The standard InChI is InChI=1S/C15H18INO3/c1-7(2)13-11(14(19)20)12(16)10-8(17-13)5-15(3,4)6-9(10)18/h7H,5-6H2,1-4H3,(H,19,20). The molecule has 0 fully saturated rings. The summed E-state index contributed by atoms with van der Waals surface area (Å²) >= 11 is 1.98. The second kappa shape index (κ2) is 5.09. The molecule has 0 aliphatic heterocycles. The lowest BCUT2D eigenvalue weighted by molar-refractivity contribution is 0.0693. The van der Waals surface area contributed by atoms with Gasteiger partial charge in [0.25, 0.3) is 0 Å². The molecule has 20 heavy (non-hydrogen) atoms. The number of carboxylic acid groups (broad SMARTS) is 1. The second-order valence-electron chi connectivity index (χ2n) is 6.41. The molecule has 0 amide bonds. The number of aromatic carboxylic acids is 1. The van der Waals surface area contributed by atoms with Crippen LogP contribution in [0.15, 0.2) is 0 Å². The summed E-state index contributed by atoms with van der Waals surface area (Å²) in [5.74, 6) is -0.989. The van der Waals surface area contributed by atoms with Gasteiger partial charge in [0.15, 0.2) is 5.78 Å². The largest absolute Gasteiger partial charge is 0.478 e. The number of hydrogen-bond donors (Lipinski definition) is 1. The zero-order valence-corrected chi connectivity index (χ0v) is 14.2. The Labute approximate surface area is 132 Å². The Bertz CT molecular complexity index is 606. The first kappa shape index (κ1) is 15.4. The molecule has 2 rings (SSSR count). The Morgan fingerprint density at radius 3 is 2.45 bits per heavy atom. The lowest BCUT2D eigenvalue weighted by atomic mass is 9.75. The van der Waals surface area contributed by atoms with Gasteiger partial charge in [-0.1, -0.05) is 27.7 Å². The first-order valence-electron chi connectivity index (χ1n) is 6.63. The van der Waals surface area contributed by atoms with E-state index in [0.717, 1.165) is 5.69 Å². The van der Waals surface area contributed by atoms with Gasteiger partial charge in [-0.3, -0.25) is 9.78 Å². The van der Waals surface area contributed by atoms with E-state index in [4.69, 9.17) is 0 Å². The maximum absolute atomic E-state index is 12.3. The van der Waals surface area contributed by atoms with Crippen LogP contribution in [0.1, 0.15) is 72.1 Å². The van der Waals surface area contributed by atoms with E-state index in [1.165, 1.54) is 0 Å². The molecule has 0 bridgehead atoms. The van der Waals surface area contributed by atoms with Crippen molar-refractivity contribution < 1.29 is 14.7 Å². The quantitative estimate of drug-likeness (QED) is 0.787. The number of Topliss-reactive ketones (excluding diaryl/α,β-unsaturated/α-hetero) is 1. The van der Waals surface area contributed by atoms with Gasteiger partial charge in [-0.25, -0.2) is 4.79 Å². The highest BCUT2D eigenvalue weighted by molar-refractivity contribution is 14.1. The summed E-state index contributed by atoms with van der Waals surface area (Å²) < 4.78 is 0.546. The Kier molecular flexibility index (Phi) is 3.92. The highest BCUT2D eigenvalue weighted by Gasteiger charge is 2.36. The van der Waals surface area contributed by atoms with E-state index in [0.29, 0.717) is 27.7 Å². The molecule has 1 aromatic rings. The van der Waals surface area contributed by atoms with Crippen molar-refractivity contribution in [1.82, 2.24) is 4.98 Å². The monoisotopic (exact) mass is 387 g/mol. The number of ketones is 1. The fourth-order valence-electron chi connectivity index (χ4n) is 2.69. The second-order valence-corrected chi connectivity index (χ2v) is 7.49. The predicted molar refractivity (Wildman–Crippen MR) is 84.4 cm³/mol. The molecule has 0 spiro atoms. The molecule has 4 nitrogen and oxygen atoms in total. The lowest BCUT2D eigenvalue weighted by Gasteiger charge is -2.31. The third-order valence-electron chi connectivity index (χ3n) is 3.56. The molecule has 0 unspecified atom stereocenters. The minimum atomic E-state index is -1.01. The number of carbonyl (C=O) groups excluding carboxylic acids is 1. The maximum Gasteiger partial charge on any atom is 0.338 e. The molecule has 108 valence electrons. The molecule has 0 radical (unpaired) electrons. The molecule has 0 saturated carbocycles. The average Bonchev–Trinajstić information content (AvgIpc) is 2.24. The van der Waals surface area contributed by atoms with Gasteiger partial charge in [0.05, 0.1) is 22.5 Å². The fraction of sp³-hybridized carbons (Fsp3) is 0.533. The number of pyridine rings is 1. The van der Waals surface area contributed by atoms with Gasteiger partial charge in [-0.15, -0.1) is 0 Å². The van der Waals surface area contributed by atoms with Crippen LogP contribution in [0.3, 0.4) is 0 Å². The highest BCUT2D eigenvalue weighted by atomic mass is 127. The third-order valence-corrected chi connectivity index (χ3v) is 4.64. The van der Waals surface area contributed by atoms with Crippen LogP contribution < -0.4 is 0 Å². The zero-order chi connectivity index (χ0) is 15.2. The number of halogens is 1. The smallest absolute Gasteiger partial charge is 0.338 e. The summed E-state index contributed by atoms with van der Waals surface area (Å²) in [6.45, 7) is 7.94. The van der Waals surface area contributed by atoms with Crippen molar-refractivity contribution in [2.45, 2.75) is 46.5 Å². The average molecular weight is 387 g/mol. The predicted octanol–water partition coefficient (Wildman–Crippen LogP) is 3.66. The van der Waals surface area contributed by atoms with E-state index in [2.05, 4.69) is 4.98 Å². The van der Waals surface area contributed by atoms with Crippen molar-refractivity contribution in [2.75, 3.05) is 0 Å². The summed E-state index contributed by atoms with van der Waals surface area (Å²) in [5, 5.41) is 9.43. The molecule has 1 heterocycles. The lowest BCUT2D eigenvalue weighted by Crippen LogP contribution is -2.30. The normalized spacial score (nSPS) is 17.2. The molecule has 1 aromatic heterocycles. The van der Waals surface area contributed by atoms with Crippen LogP contribution in [0.4, 0.5) is 0 Å². The van der Waals surface area contributed by atoms with Gasteiger partial charge in [-0.05, 0) is 40.3 Å². The van der Waals surface area contributed by atoms with E-state index in [1.54, 1.807) is 0 Å². The number of carbonyl (C=O) groups is 2. The molecular formula is C15H18INO3. The topological polar surface area (TPSA) is 67.3 Å². The van der Waals surface area contributed by atoms with Gasteiger partial charge < -0.3 is 5.11 Å². The maximum atomic E-state index is 12.3. The molecule has 0 saturated heterocycles. The van der Waals surface area contributed by atoms with Crippen molar-refractivity contribution in [1.29, 1.82) is 0 Å². The van der Waals surface area contributed by atoms with Crippen LogP contribution in [-0.4, -0.2) is 21.8 Å². The molecule has 0 atom stereocenters. The summed E-state index contributed by atoms with van der Waals surface area (Å²) in [6.07, 6.45) is 1.15. The zero-order valence-electron chi connectivity index (χ0n) is 12.1.